The van der Waals surface area contributed by atoms with Crippen molar-refractivity contribution in [3.63, 3.8) is 0 Å². The average Bonchev–Trinajstić information content (AvgIpc) is 2.83. The van der Waals surface area contributed by atoms with Gasteiger partial charge in [-0.3, -0.25) is 4.90 Å². The first kappa shape index (κ1) is 19.1. The third kappa shape index (κ3) is 5.41. The zero-order valence-corrected chi connectivity index (χ0v) is 15.0. The Kier molecular flexibility index (Phi) is 6.98. The number of aliphatic hydroxyl groups is 1. The largest absolute Gasteiger partial charge is 0.508 e. The maximum absolute atomic E-state index is 11.4. The molecule has 0 saturated carbocycles. The molecule has 2 saturated heterocycles. The van der Waals surface area contributed by atoms with E-state index in [9.17, 15) is 4.79 Å². The number of carbonyl (C=O) groups excluding carboxylic acids is 1. The van der Waals surface area contributed by atoms with E-state index in [0.29, 0.717) is 29.7 Å². The number of halogens is 2. The molecule has 0 aliphatic carbocycles. The summed E-state index contributed by atoms with van der Waals surface area (Å²) in [5, 5.41) is 18.7. The second kappa shape index (κ2) is 8.76. The Balaban J connectivity index is 0.000000198. The van der Waals surface area contributed by atoms with Crippen LogP contribution in [0.15, 0.2) is 18.2 Å². The molecular formula is C16H22Cl2N2O4. The van der Waals surface area contributed by atoms with E-state index in [2.05, 4.69) is 4.90 Å². The molecule has 2 aliphatic rings. The van der Waals surface area contributed by atoms with Gasteiger partial charge in [-0.2, -0.15) is 0 Å². The van der Waals surface area contributed by atoms with Crippen LogP contribution in [0, 0.1) is 0 Å². The molecule has 1 aromatic rings. The van der Waals surface area contributed by atoms with Crippen LogP contribution in [0.2, 0.25) is 10.0 Å². The van der Waals surface area contributed by atoms with Crippen molar-refractivity contribution in [2.45, 2.75) is 25.6 Å². The Morgan fingerprint density at radius 2 is 1.96 bits per heavy atom. The molecule has 0 aromatic heterocycles. The summed E-state index contributed by atoms with van der Waals surface area (Å²) >= 11 is 11.1. The van der Waals surface area contributed by atoms with Gasteiger partial charge in [-0.25, -0.2) is 4.79 Å². The van der Waals surface area contributed by atoms with Gasteiger partial charge in [0.25, 0.3) is 0 Å². The minimum Gasteiger partial charge on any atom is -0.508 e. The van der Waals surface area contributed by atoms with Gasteiger partial charge in [0.05, 0.1) is 22.7 Å². The summed E-state index contributed by atoms with van der Waals surface area (Å²) in [7, 11) is 0. The van der Waals surface area contributed by atoms with Crippen LogP contribution in [-0.2, 0) is 4.74 Å². The lowest BCUT2D eigenvalue weighted by Crippen LogP contribution is -2.53. The number of hydrogen-bond donors (Lipinski definition) is 2. The Hall–Kier alpha value is -1.21. The molecule has 0 spiro atoms. The SMILES string of the molecule is CCCN1CC(CN2CC(O)C2)OC1=O.Oc1ccc(Cl)c(Cl)c1. The van der Waals surface area contributed by atoms with Crippen LogP contribution >= 0.6 is 23.2 Å². The van der Waals surface area contributed by atoms with E-state index in [-0.39, 0.29) is 24.1 Å². The highest BCUT2D eigenvalue weighted by molar-refractivity contribution is 6.42. The number of cyclic esters (lactones) is 1. The van der Waals surface area contributed by atoms with E-state index >= 15 is 0 Å². The second-order valence-corrected chi connectivity index (χ2v) is 6.74. The Bertz CT molecular complexity index is 567. The number of benzene rings is 1. The summed E-state index contributed by atoms with van der Waals surface area (Å²) in [6.45, 7) is 5.69. The highest BCUT2D eigenvalue weighted by atomic mass is 35.5. The lowest BCUT2D eigenvalue weighted by molar-refractivity contribution is -0.0172. The number of ether oxygens (including phenoxy) is 1. The van der Waals surface area contributed by atoms with Gasteiger partial charge in [0.15, 0.2) is 0 Å². The number of aromatic hydroxyl groups is 1. The topological polar surface area (TPSA) is 73.2 Å². The zero-order valence-electron chi connectivity index (χ0n) is 13.5. The number of likely N-dealkylation sites (tertiary alicyclic amines) is 1. The molecule has 0 bridgehead atoms. The van der Waals surface area contributed by atoms with E-state index < -0.39 is 0 Å². The fraction of sp³-hybridized carbons (Fsp3) is 0.562. The summed E-state index contributed by atoms with van der Waals surface area (Å²) in [5.74, 6) is 0.129. The van der Waals surface area contributed by atoms with Gasteiger partial charge in [0.2, 0.25) is 0 Å². The van der Waals surface area contributed by atoms with Crippen molar-refractivity contribution < 1.29 is 19.7 Å². The summed E-state index contributed by atoms with van der Waals surface area (Å²) in [5.41, 5.74) is 0. The minimum atomic E-state index is -0.192. The minimum absolute atomic E-state index is 0.0171. The second-order valence-electron chi connectivity index (χ2n) is 5.92. The average molecular weight is 377 g/mol. The summed E-state index contributed by atoms with van der Waals surface area (Å²) < 4.78 is 5.23. The standard InChI is InChI=1S/C10H18N2O3.C6H4Cl2O/c1-2-3-12-7-9(15-10(12)14)6-11-4-8(13)5-11;7-5-2-1-4(9)3-6(5)8/h8-9,13H,2-7H2,1H3;1-3,9H. The first-order chi connectivity index (χ1) is 11.4. The van der Waals surface area contributed by atoms with Crippen LogP contribution in [0.25, 0.3) is 0 Å². The number of nitrogens with zero attached hydrogens (tertiary/aromatic N) is 2. The highest BCUT2D eigenvalue weighted by Gasteiger charge is 2.34. The number of rotatable bonds is 4. The van der Waals surface area contributed by atoms with E-state index in [1.54, 1.807) is 11.0 Å². The van der Waals surface area contributed by atoms with Crippen LogP contribution < -0.4 is 0 Å². The molecule has 24 heavy (non-hydrogen) atoms. The molecule has 8 heteroatoms. The number of hydrogen-bond acceptors (Lipinski definition) is 5. The number of phenolic OH excluding ortho intramolecular Hbond substituents is 1. The van der Waals surface area contributed by atoms with Crippen molar-refractivity contribution in [1.82, 2.24) is 9.80 Å². The Morgan fingerprint density at radius 1 is 1.25 bits per heavy atom. The molecule has 2 aliphatic heterocycles. The number of β-amino-alcohol motifs (C(OH)–C–C–N with tert-alkyl or cyclic N) is 1. The van der Waals surface area contributed by atoms with Crippen molar-refractivity contribution in [3.8, 4) is 5.75 Å². The van der Waals surface area contributed by atoms with Gasteiger partial charge in [-0.1, -0.05) is 30.1 Å². The molecule has 134 valence electrons. The van der Waals surface area contributed by atoms with Gasteiger partial charge >= 0.3 is 6.09 Å². The molecule has 1 aromatic carbocycles. The lowest BCUT2D eigenvalue weighted by atomic mass is 10.1. The summed E-state index contributed by atoms with van der Waals surface area (Å²) in [6.07, 6.45) is 0.567. The summed E-state index contributed by atoms with van der Waals surface area (Å²) in [4.78, 5) is 15.2. The Morgan fingerprint density at radius 3 is 2.50 bits per heavy atom. The summed E-state index contributed by atoms with van der Waals surface area (Å²) in [6, 6.07) is 4.41. The van der Waals surface area contributed by atoms with Gasteiger partial charge in [0.1, 0.15) is 11.9 Å². The molecule has 0 radical (unpaired) electrons. The molecule has 1 unspecified atom stereocenters. The van der Waals surface area contributed by atoms with Crippen molar-refractivity contribution in [2.75, 3.05) is 32.7 Å². The van der Waals surface area contributed by atoms with E-state index in [1.807, 2.05) is 6.92 Å². The van der Waals surface area contributed by atoms with E-state index in [0.717, 1.165) is 19.5 Å². The molecule has 2 N–H and O–H groups in total. The molecule has 1 atom stereocenters. The predicted octanol–water partition coefficient (Wildman–Crippen LogP) is 2.59. The molecule has 2 fully saturated rings. The molecular weight excluding hydrogens is 355 g/mol. The van der Waals surface area contributed by atoms with Crippen molar-refractivity contribution >= 4 is 29.3 Å². The van der Waals surface area contributed by atoms with Gasteiger partial charge < -0.3 is 19.8 Å². The maximum Gasteiger partial charge on any atom is 0.410 e. The highest BCUT2D eigenvalue weighted by Crippen LogP contribution is 2.25. The zero-order chi connectivity index (χ0) is 17.7. The predicted molar refractivity (Wildman–Crippen MR) is 92.7 cm³/mol. The van der Waals surface area contributed by atoms with Crippen LogP contribution in [0.4, 0.5) is 4.79 Å². The third-order valence-corrected chi connectivity index (χ3v) is 4.49. The maximum atomic E-state index is 11.4. The monoisotopic (exact) mass is 376 g/mol. The fourth-order valence-corrected chi connectivity index (χ4v) is 2.88. The van der Waals surface area contributed by atoms with Crippen LogP contribution in [0.1, 0.15) is 13.3 Å². The Labute approximate surface area is 151 Å². The van der Waals surface area contributed by atoms with Gasteiger partial charge in [-0.15, -0.1) is 0 Å². The van der Waals surface area contributed by atoms with Gasteiger partial charge in [-0.05, 0) is 24.6 Å². The fourth-order valence-electron chi connectivity index (χ4n) is 2.59. The third-order valence-electron chi connectivity index (χ3n) is 3.75. The van der Waals surface area contributed by atoms with Gasteiger partial charge in [0, 0.05) is 26.2 Å². The molecule has 2 heterocycles. The van der Waals surface area contributed by atoms with Crippen LogP contribution in [-0.4, -0.2) is 71.0 Å². The quantitative estimate of drug-likeness (QED) is 0.844. The number of carbonyl (C=O) groups is 1. The van der Waals surface area contributed by atoms with E-state index in [4.69, 9.17) is 38.2 Å². The van der Waals surface area contributed by atoms with Crippen molar-refractivity contribution in [3.05, 3.63) is 28.2 Å². The first-order valence-electron chi connectivity index (χ1n) is 7.89. The molecule has 6 nitrogen and oxygen atoms in total. The van der Waals surface area contributed by atoms with Crippen LogP contribution in [0.5, 0.6) is 5.75 Å². The number of phenols is 1. The number of aliphatic hydroxyl groups excluding tert-OH is 1. The number of amides is 1. The van der Waals surface area contributed by atoms with Crippen molar-refractivity contribution in [1.29, 1.82) is 0 Å². The first-order valence-corrected chi connectivity index (χ1v) is 8.64. The van der Waals surface area contributed by atoms with Crippen LogP contribution in [0.3, 0.4) is 0 Å². The normalized spacial score (nSPS) is 21.1. The smallest absolute Gasteiger partial charge is 0.410 e. The molecule has 3 rings (SSSR count). The van der Waals surface area contributed by atoms with Crippen molar-refractivity contribution in [2.24, 2.45) is 0 Å². The molecule has 1 amide bonds. The lowest BCUT2D eigenvalue weighted by Gasteiger charge is -2.36. The van der Waals surface area contributed by atoms with E-state index in [1.165, 1.54) is 12.1 Å².